The lowest BCUT2D eigenvalue weighted by Gasteiger charge is -1.90. The van der Waals surface area contributed by atoms with Gasteiger partial charge in [0.15, 0.2) is 9.66 Å². The van der Waals surface area contributed by atoms with Crippen molar-refractivity contribution in [3.63, 3.8) is 0 Å². The quantitative estimate of drug-likeness (QED) is 0.436. The normalized spacial score (nSPS) is 10.1. The molecule has 0 saturated carbocycles. The zero-order valence-electron chi connectivity index (χ0n) is 16.8. The summed E-state index contributed by atoms with van der Waals surface area (Å²) < 4.78 is 0. The van der Waals surface area contributed by atoms with Gasteiger partial charge in [0.05, 0.1) is 10.0 Å². The molecule has 0 radical (unpaired) electrons. The molecule has 4 heteroatoms. The summed E-state index contributed by atoms with van der Waals surface area (Å²) in [7, 11) is 0. The van der Waals surface area contributed by atoms with Gasteiger partial charge in [-0.3, -0.25) is 0 Å². The topological polar surface area (TPSA) is 25.8 Å². The summed E-state index contributed by atoms with van der Waals surface area (Å²) in [6.45, 7) is 13.0. The second kappa shape index (κ2) is 16.0. The molecule has 2 aromatic heterocycles. The van der Waals surface area contributed by atoms with Crippen LogP contribution in [-0.4, -0.2) is 9.97 Å². The first-order chi connectivity index (χ1) is 11.6. The van der Waals surface area contributed by atoms with Crippen molar-refractivity contribution in [3.8, 4) is 0 Å². The highest BCUT2D eigenvalue weighted by Crippen LogP contribution is 2.25. The summed E-state index contributed by atoms with van der Waals surface area (Å²) in [4.78, 5) is 10.8. The standard InChI is InChI=1S/2C7H16.C6H6N2S2/c2*1-3-5-7-6-4-2;1-3-7-5-6(9-3)8-4(2)10-5/h2*3-7H2,1-2H3;1-2H3. The Morgan fingerprint density at radius 2 is 0.833 bits per heavy atom. The molecule has 0 aliphatic carbocycles. The van der Waals surface area contributed by atoms with Crippen molar-refractivity contribution in [2.24, 2.45) is 0 Å². The molecule has 0 aliphatic rings. The molecule has 0 saturated heterocycles. The third kappa shape index (κ3) is 12.0. The minimum Gasteiger partial charge on any atom is -0.229 e. The first kappa shape index (κ1) is 23.5. The number of fused-ring (bicyclic) bond motifs is 1. The Kier molecular flexibility index (Phi) is 15.7. The smallest absolute Gasteiger partial charge is 0.155 e. The molecular weight excluding hydrogens is 332 g/mol. The Morgan fingerprint density at radius 3 is 1.08 bits per heavy atom. The van der Waals surface area contributed by atoms with Crippen molar-refractivity contribution >= 4 is 32.3 Å². The van der Waals surface area contributed by atoms with Gasteiger partial charge >= 0.3 is 0 Å². The van der Waals surface area contributed by atoms with Crippen LogP contribution >= 0.6 is 22.7 Å². The van der Waals surface area contributed by atoms with E-state index in [4.69, 9.17) is 0 Å². The van der Waals surface area contributed by atoms with Crippen LogP contribution in [0.4, 0.5) is 0 Å². The fraction of sp³-hybridized carbons (Fsp3) is 0.800. The summed E-state index contributed by atoms with van der Waals surface area (Å²) >= 11 is 3.32. The van der Waals surface area contributed by atoms with E-state index in [1.807, 2.05) is 13.8 Å². The molecule has 0 aromatic carbocycles. The predicted octanol–water partition coefficient (Wildman–Crippen LogP) is 8.32. The lowest BCUT2D eigenvalue weighted by atomic mass is 10.2. The fourth-order valence-corrected chi connectivity index (χ4v) is 4.02. The van der Waals surface area contributed by atoms with Crippen LogP contribution in [0.5, 0.6) is 0 Å². The van der Waals surface area contributed by atoms with Crippen LogP contribution in [0.2, 0.25) is 0 Å². The third-order valence-corrected chi connectivity index (χ3v) is 5.46. The molecule has 2 nitrogen and oxygen atoms in total. The Morgan fingerprint density at radius 1 is 0.542 bits per heavy atom. The van der Waals surface area contributed by atoms with Crippen LogP contribution in [-0.2, 0) is 0 Å². The van der Waals surface area contributed by atoms with Crippen molar-refractivity contribution in [1.29, 1.82) is 0 Å². The second-order valence-corrected chi connectivity index (χ2v) is 8.56. The first-order valence-electron chi connectivity index (χ1n) is 9.79. The van der Waals surface area contributed by atoms with E-state index in [0.717, 1.165) is 19.7 Å². The van der Waals surface area contributed by atoms with Crippen LogP contribution in [0.15, 0.2) is 0 Å². The predicted molar refractivity (Wildman–Crippen MR) is 114 cm³/mol. The summed E-state index contributed by atoms with van der Waals surface area (Å²) in [5, 5.41) is 2.21. The van der Waals surface area contributed by atoms with Gasteiger partial charge in [0, 0.05) is 0 Å². The van der Waals surface area contributed by atoms with Gasteiger partial charge in [0.25, 0.3) is 0 Å². The largest absolute Gasteiger partial charge is 0.229 e. The molecule has 0 amide bonds. The van der Waals surface area contributed by atoms with Crippen LogP contribution in [0, 0.1) is 13.8 Å². The van der Waals surface area contributed by atoms with Crippen LogP contribution in [0.3, 0.4) is 0 Å². The van der Waals surface area contributed by atoms with Gasteiger partial charge in [-0.2, -0.15) is 0 Å². The molecule has 0 N–H and O–H groups in total. The number of aryl methyl sites for hydroxylation is 2. The molecule has 0 atom stereocenters. The average molecular weight is 371 g/mol. The van der Waals surface area contributed by atoms with E-state index < -0.39 is 0 Å². The van der Waals surface area contributed by atoms with E-state index in [1.54, 1.807) is 22.7 Å². The highest BCUT2D eigenvalue weighted by atomic mass is 32.1. The summed E-state index contributed by atoms with van der Waals surface area (Å²) in [5.74, 6) is 0. The Bertz CT molecular complexity index is 422. The number of hydrogen-bond donors (Lipinski definition) is 0. The number of rotatable bonds is 8. The average Bonchev–Trinajstić information content (AvgIpc) is 3.05. The van der Waals surface area contributed by atoms with Crippen molar-refractivity contribution in [2.75, 3.05) is 0 Å². The number of nitrogens with zero attached hydrogens (tertiary/aromatic N) is 2. The number of hydrogen-bond acceptors (Lipinski definition) is 4. The molecule has 0 fully saturated rings. The van der Waals surface area contributed by atoms with E-state index in [0.29, 0.717) is 0 Å². The number of aromatic nitrogens is 2. The molecule has 2 aromatic rings. The van der Waals surface area contributed by atoms with Gasteiger partial charge in [0.2, 0.25) is 0 Å². The monoisotopic (exact) mass is 370 g/mol. The van der Waals surface area contributed by atoms with Crippen LogP contribution in [0.25, 0.3) is 9.66 Å². The molecule has 2 heterocycles. The van der Waals surface area contributed by atoms with Gasteiger partial charge in [-0.15, -0.1) is 0 Å². The van der Waals surface area contributed by atoms with Crippen LogP contribution in [0.1, 0.15) is 102 Å². The van der Waals surface area contributed by atoms with Crippen molar-refractivity contribution < 1.29 is 0 Å². The highest BCUT2D eigenvalue weighted by molar-refractivity contribution is 7.26. The number of unbranched alkanes of at least 4 members (excludes halogenated alkanes) is 8. The molecule has 0 bridgehead atoms. The van der Waals surface area contributed by atoms with Crippen molar-refractivity contribution in [3.05, 3.63) is 10.0 Å². The fourth-order valence-electron chi connectivity index (χ4n) is 2.19. The Labute approximate surface area is 158 Å². The first-order valence-corrected chi connectivity index (χ1v) is 11.4. The van der Waals surface area contributed by atoms with Gasteiger partial charge in [-0.05, 0) is 13.8 Å². The van der Waals surface area contributed by atoms with Crippen molar-refractivity contribution in [1.82, 2.24) is 9.97 Å². The maximum Gasteiger partial charge on any atom is 0.155 e. The lowest BCUT2D eigenvalue weighted by molar-refractivity contribution is 0.656. The van der Waals surface area contributed by atoms with Gasteiger partial charge in [0.1, 0.15) is 0 Å². The summed E-state index contributed by atoms with van der Waals surface area (Å²) in [5.41, 5.74) is 0. The van der Waals surface area contributed by atoms with Crippen molar-refractivity contribution in [2.45, 2.75) is 106 Å². The Hall–Kier alpha value is -0.480. The molecule has 0 spiro atoms. The molecule has 0 aliphatic heterocycles. The van der Waals surface area contributed by atoms with E-state index in [1.165, 1.54) is 64.2 Å². The molecule has 24 heavy (non-hydrogen) atoms. The third-order valence-electron chi connectivity index (χ3n) is 3.60. The van der Waals surface area contributed by atoms with E-state index in [9.17, 15) is 0 Å². The summed E-state index contributed by atoms with van der Waals surface area (Å²) in [6, 6.07) is 0. The molecular formula is C20H38N2S2. The minimum atomic E-state index is 1.08. The second-order valence-electron chi connectivity index (χ2n) is 6.20. The van der Waals surface area contributed by atoms with E-state index >= 15 is 0 Å². The maximum atomic E-state index is 4.31. The highest BCUT2D eigenvalue weighted by Gasteiger charge is 2.03. The SMILES string of the molecule is CCCCCCC.CCCCCCC.Cc1nc2sc(C)nc2s1. The van der Waals surface area contributed by atoms with Gasteiger partial charge < -0.3 is 0 Å². The van der Waals surface area contributed by atoms with Gasteiger partial charge in [-0.1, -0.05) is 115 Å². The zero-order valence-corrected chi connectivity index (χ0v) is 18.4. The molecule has 140 valence electrons. The lowest BCUT2D eigenvalue weighted by Crippen LogP contribution is -1.70. The number of thiazole rings is 2. The van der Waals surface area contributed by atoms with E-state index in [2.05, 4.69) is 37.7 Å². The van der Waals surface area contributed by atoms with Crippen LogP contribution < -0.4 is 0 Å². The molecule has 2 rings (SSSR count). The minimum absolute atomic E-state index is 1.08. The zero-order chi connectivity index (χ0) is 18.2. The molecule has 0 unspecified atom stereocenters. The van der Waals surface area contributed by atoms with E-state index in [-0.39, 0.29) is 0 Å². The maximum absolute atomic E-state index is 4.31. The van der Waals surface area contributed by atoms with Gasteiger partial charge in [-0.25, -0.2) is 9.97 Å². The Balaban J connectivity index is 0.000000343. The summed E-state index contributed by atoms with van der Waals surface area (Å²) in [6.07, 6.45) is 14.0.